The van der Waals surface area contributed by atoms with Gasteiger partial charge in [-0.1, -0.05) is 18.2 Å². The van der Waals surface area contributed by atoms with Crippen molar-refractivity contribution in [3.8, 4) is 5.75 Å². The van der Waals surface area contributed by atoms with Crippen molar-refractivity contribution in [2.24, 2.45) is 0 Å². The van der Waals surface area contributed by atoms with Gasteiger partial charge in [0.05, 0.1) is 28.8 Å². The molecule has 2 heterocycles. The number of amides is 2. The minimum Gasteiger partial charge on any atom is -0.491 e. The van der Waals surface area contributed by atoms with E-state index in [4.69, 9.17) is 14.6 Å². The summed E-state index contributed by atoms with van der Waals surface area (Å²) < 4.78 is 11.6. The summed E-state index contributed by atoms with van der Waals surface area (Å²) in [5.41, 5.74) is 0.665. The second-order valence-corrected chi connectivity index (χ2v) is 8.76. The molecule has 3 rings (SSSR count). The predicted octanol–water partition coefficient (Wildman–Crippen LogP) is 3.40. The second kappa shape index (κ2) is 12.8. The summed E-state index contributed by atoms with van der Waals surface area (Å²) in [7, 11) is 0. The van der Waals surface area contributed by atoms with Gasteiger partial charge in [-0.25, -0.2) is 4.79 Å². The van der Waals surface area contributed by atoms with Crippen LogP contribution in [0.2, 0.25) is 0 Å². The normalized spacial score (nSPS) is 12.5. The van der Waals surface area contributed by atoms with Crippen molar-refractivity contribution >= 4 is 38.4 Å². The minimum absolute atomic E-state index is 0.0590. The highest BCUT2D eigenvalue weighted by molar-refractivity contribution is 7.22. The van der Waals surface area contributed by atoms with Crippen LogP contribution in [0.25, 0.3) is 10.1 Å². The standard InChI is InChI=1S/C25H29N3O6S/c1-3-11-28(25(32)33-4-2)14-21(17-5-7-20(8-6-17)34-16-19(30)15-29)24(31)27-23-12-18-9-10-26-13-22(18)35-23/h3,5-10,12-13,19,21,29-30H,1,4,11,14-16H2,2H3,(H,27,31). The maximum Gasteiger partial charge on any atom is 0.410 e. The van der Waals surface area contributed by atoms with Gasteiger partial charge in [0.25, 0.3) is 0 Å². The Morgan fingerprint density at radius 2 is 2.06 bits per heavy atom. The summed E-state index contributed by atoms with van der Waals surface area (Å²) >= 11 is 1.42. The number of ether oxygens (including phenoxy) is 2. The van der Waals surface area contributed by atoms with E-state index in [1.54, 1.807) is 49.7 Å². The van der Waals surface area contributed by atoms with E-state index in [9.17, 15) is 14.7 Å². The monoisotopic (exact) mass is 499 g/mol. The van der Waals surface area contributed by atoms with Gasteiger partial charge >= 0.3 is 6.09 Å². The average molecular weight is 500 g/mol. The Hall–Kier alpha value is -3.47. The number of rotatable bonds is 12. The third-order valence-electron chi connectivity index (χ3n) is 5.10. The van der Waals surface area contributed by atoms with Gasteiger partial charge in [-0.2, -0.15) is 0 Å². The fourth-order valence-electron chi connectivity index (χ4n) is 3.35. The summed E-state index contributed by atoms with van der Waals surface area (Å²) in [5, 5.41) is 23.0. The molecule has 0 aliphatic carbocycles. The van der Waals surface area contributed by atoms with E-state index in [1.165, 1.54) is 16.2 Å². The first-order chi connectivity index (χ1) is 16.9. The molecule has 2 atom stereocenters. The zero-order valence-electron chi connectivity index (χ0n) is 19.4. The van der Waals surface area contributed by atoms with Gasteiger partial charge in [0, 0.05) is 25.5 Å². The van der Waals surface area contributed by atoms with Crippen LogP contribution >= 0.6 is 11.3 Å². The van der Waals surface area contributed by atoms with E-state index < -0.39 is 24.7 Å². The smallest absolute Gasteiger partial charge is 0.410 e. The number of carbonyl (C=O) groups excluding carboxylic acids is 2. The van der Waals surface area contributed by atoms with E-state index in [-0.39, 0.29) is 32.2 Å². The number of benzene rings is 1. The number of hydrogen-bond acceptors (Lipinski definition) is 8. The molecule has 35 heavy (non-hydrogen) atoms. The van der Waals surface area contributed by atoms with Crippen LogP contribution in [-0.4, -0.2) is 71.1 Å². The first-order valence-electron chi connectivity index (χ1n) is 11.1. The first-order valence-corrected chi connectivity index (χ1v) is 12.0. The highest BCUT2D eigenvalue weighted by Gasteiger charge is 2.27. The van der Waals surface area contributed by atoms with Crippen molar-refractivity contribution in [2.75, 3.05) is 38.2 Å². The van der Waals surface area contributed by atoms with Gasteiger partial charge < -0.3 is 29.9 Å². The molecular formula is C25H29N3O6S. The third kappa shape index (κ3) is 7.25. The Bertz CT molecular complexity index is 1100. The molecule has 10 heteroatoms. The molecule has 2 amide bonds. The van der Waals surface area contributed by atoms with Gasteiger partial charge in [-0.3, -0.25) is 9.78 Å². The molecule has 3 N–H and O–H groups in total. The summed E-state index contributed by atoms with van der Waals surface area (Å²) in [6.07, 6.45) is 3.50. The lowest BCUT2D eigenvalue weighted by atomic mass is 9.97. The maximum atomic E-state index is 13.4. The maximum absolute atomic E-state index is 13.4. The zero-order valence-corrected chi connectivity index (χ0v) is 20.2. The lowest BCUT2D eigenvalue weighted by molar-refractivity contribution is -0.117. The molecule has 0 aliphatic rings. The van der Waals surface area contributed by atoms with Gasteiger partial charge in [0.2, 0.25) is 5.91 Å². The number of aromatic nitrogens is 1. The van der Waals surface area contributed by atoms with Crippen molar-refractivity contribution < 1.29 is 29.3 Å². The number of aliphatic hydroxyl groups is 2. The fraction of sp³-hybridized carbons (Fsp3) is 0.320. The molecule has 1 aromatic carbocycles. The van der Waals surface area contributed by atoms with E-state index >= 15 is 0 Å². The van der Waals surface area contributed by atoms with Gasteiger partial charge in [-0.15, -0.1) is 17.9 Å². The van der Waals surface area contributed by atoms with Crippen LogP contribution in [-0.2, 0) is 9.53 Å². The van der Waals surface area contributed by atoms with E-state index in [2.05, 4.69) is 16.9 Å². The van der Waals surface area contributed by atoms with E-state index in [0.717, 1.165) is 10.1 Å². The molecule has 0 bridgehead atoms. The molecule has 0 aliphatic heterocycles. The molecule has 0 saturated heterocycles. The minimum atomic E-state index is -0.984. The number of pyridine rings is 1. The van der Waals surface area contributed by atoms with Crippen LogP contribution in [0, 0.1) is 0 Å². The summed E-state index contributed by atoms with van der Waals surface area (Å²) in [6, 6.07) is 10.6. The predicted molar refractivity (Wildman–Crippen MR) is 135 cm³/mol. The van der Waals surface area contributed by atoms with Crippen LogP contribution in [0.4, 0.5) is 9.80 Å². The number of nitrogens with zero attached hydrogens (tertiary/aromatic N) is 2. The molecule has 0 fully saturated rings. The summed E-state index contributed by atoms with van der Waals surface area (Å²) in [4.78, 5) is 31.5. The number of hydrogen-bond donors (Lipinski definition) is 3. The Morgan fingerprint density at radius 1 is 1.29 bits per heavy atom. The first kappa shape index (κ1) is 26.1. The fourth-order valence-corrected chi connectivity index (χ4v) is 4.28. The Balaban J connectivity index is 1.84. The van der Waals surface area contributed by atoms with Crippen LogP contribution in [0.1, 0.15) is 18.4 Å². The molecular weight excluding hydrogens is 470 g/mol. The van der Waals surface area contributed by atoms with Gasteiger partial charge in [0.15, 0.2) is 0 Å². The second-order valence-electron chi connectivity index (χ2n) is 7.68. The molecule has 2 unspecified atom stereocenters. The third-order valence-corrected chi connectivity index (χ3v) is 6.10. The van der Waals surface area contributed by atoms with Crippen LogP contribution < -0.4 is 10.1 Å². The Kier molecular flexibility index (Phi) is 9.59. The van der Waals surface area contributed by atoms with Gasteiger partial charge in [-0.05, 0) is 42.1 Å². The van der Waals surface area contributed by atoms with Crippen LogP contribution in [0.3, 0.4) is 0 Å². The topological polar surface area (TPSA) is 121 Å². The number of anilines is 1. The number of carbonyl (C=O) groups is 2. The molecule has 0 saturated carbocycles. The summed E-state index contributed by atoms with van der Waals surface area (Å²) in [6.45, 7) is 5.47. The Labute approximate surface area is 207 Å². The molecule has 2 aromatic heterocycles. The van der Waals surface area contributed by atoms with Crippen LogP contribution in [0.15, 0.2) is 61.4 Å². The largest absolute Gasteiger partial charge is 0.491 e. The molecule has 0 radical (unpaired) electrons. The van der Waals surface area contributed by atoms with Gasteiger partial charge in [0.1, 0.15) is 18.5 Å². The lowest BCUT2D eigenvalue weighted by Crippen LogP contribution is -2.38. The number of nitrogens with one attached hydrogen (secondary N) is 1. The lowest BCUT2D eigenvalue weighted by Gasteiger charge is -2.26. The van der Waals surface area contributed by atoms with Crippen molar-refractivity contribution in [1.29, 1.82) is 0 Å². The van der Waals surface area contributed by atoms with Crippen molar-refractivity contribution in [3.63, 3.8) is 0 Å². The molecule has 186 valence electrons. The van der Waals surface area contributed by atoms with Crippen molar-refractivity contribution in [1.82, 2.24) is 9.88 Å². The Morgan fingerprint density at radius 3 is 2.71 bits per heavy atom. The summed E-state index contributed by atoms with van der Waals surface area (Å²) in [5.74, 6) is -0.516. The highest BCUT2D eigenvalue weighted by Crippen LogP contribution is 2.30. The molecule has 9 nitrogen and oxygen atoms in total. The van der Waals surface area contributed by atoms with Crippen molar-refractivity contribution in [3.05, 3.63) is 67.0 Å². The van der Waals surface area contributed by atoms with E-state index in [0.29, 0.717) is 16.3 Å². The molecule has 3 aromatic rings. The van der Waals surface area contributed by atoms with E-state index in [1.807, 2.05) is 12.1 Å². The van der Waals surface area contributed by atoms with Crippen molar-refractivity contribution in [2.45, 2.75) is 18.9 Å². The highest BCUT2D eigenvalue weighted by atomic mass is 32.1. The quantitative estimate of drug-likeness (QED) is 0.327. The number of aliphatic hydroxyl groups excluding tert-OH is 2. The number of thiophene rings is 1. The number of fused-ring (bicyclic) bond motifs is 1. The molecule has 0 spiro atoms. The average Bonchev–Trinajstić information content (AvgIpc) is 3.27. The SMILES string of the molecule is C=CCN(CC(C(=O)Nc1cc2ccncc2s1)c1ccc(OCC(O)CO)cc1)C(=O)OCC. The zero-order chi connectivity index (χ0) is 25.2. The van der Waals surface area contributed by atoms with Crippen LogP contribution in [0.5, 0.6) is 5.75 Å².